The lowest BCUT2D eigenvalue weighted by atomic mass is 10.1. The monoisotopic (exact) mass is 456 g/mol. The molecule has 2 aromatic carbocycles. The van der Waals surface area contributed by atoms with Gasteiger partial charge in [-0.2, -0.15) is 11.8 Å². The van der Waals surface area contributed by atoms with Gasteiger partial charge in [0.1, 0.15) is 0 Å². The SMILES string of the molecule is Clc1ccc(SCCCSC(Cn2ccnc2)c2ccc(Cl)cc2Cl)cc1. The Kier molecular flexibility index (Phi) is 8.28. The Labute approximate surface area is 183 Å². The molecule has 3 aromatic rings. The molecule has 0 bridgehead atoms. The lowest BCUT2D eigenvalue weighted by molar-refractivity contribution is 0.683. The minimum absolute atomic E-state index is 0.254. The van der Waals surface area contributed by atoms with Gasteiger partial charge in [-0.15, -0.1) is 11.8 Å². The number of hydrogen-bond acceptors (Lipinski definition) is 3. The number of rotatable bonds is 9. The molecule has 0 amide bonds. The minimum Gasteiger partial charge on any atom is -0.336 e. The van der Waals surface area contributed by atoms with Crippen molar-refractivity contribution in [1.82, 2.24) is 9.55 Å². The average Bonchev–Trinajstić information content (AvgIpc) is 3.15. The number of aromatic nitrogens is 2. The zero-order chi connectivity index (χ0) is 19.1. The molecule has 0 saturated heterocycles. The molecule has 0 saturated carbocycles. The number of benzene rings is 2. The Morgan fingerprint density at radius 3 is 2.44 bits per heavy atom. The first-order valence-corrected chi connectivity index (χ1v) is 11.7. The largest absolute Gasteiger partial charge is 0.336 e. The first-order chi connectivity index (χ1) is 13.1. The van der Waals surface area contributed by atoms with E-state index in [-0.39, 0.29) is 5.25 Å². The van der Waals surface area contributed by atoms with Gasteiger partial charge in [0.25, 0.3) is 0 Å². The standard InChI is InChI=1S/C20H19Cl3N2S2/c21-15-2-5-17(6-3-15)26-10-1-11-27-20(13-25-9-8-24-14-25)18-7-4-16(22)12-19(18)23/h2-9,12,14,20H,1,10-11,13H2. The lowest BCUT2D eigenvalue weighted by Gasteiger charge is -2.19. The van der Waals surface area contributed by atoms with Gasteiger partial charge in [-0.3, -0.25) is 0 Å². The second-order valence-corrected chi connectivity index (χ2v) is 9.70. The molecular formula is C20H19Cl3N2S2. The van der Waals surface area contributed by atoms with Crippen molar-refractivity contribution >= 4 is 58.3 Å². The van der Waals surface area contributed by atoms with Crippen LogP contribution in [0.4, 0.5) is 0 Å². The quantitative estimate of drug-likeness (QED) is 0.245. The fourth-order valence-corrected chi connectivity index (χ4v) is 5.62. The molecule has 1 atom stereocenters. The van der Waals surface area contributed by atoms with Crippen LogP contribution in [0.3, 0.4) is 0 Å². The normalized spacial score (nSPS) is 12.3. The van der Waals surface area contributed by atoms with Crippen LogP contribution in [0.15, 0.2) is 66.1 Å². The molecule has 1 aromatic heterocycles. The van der Waals surface area contributed by atoms with Crippen molar-refractivity contribution in [2.24, 2.45) is 0 Å². The lowest BCUT2D eigenvalue weighted by Crippen LogP contribution is -2.06. The highest BCUT2D eigenvalue weighted by Gasteiger charge is 2.16. The number of thioether (sulfide) groups is 2. The van der Waals surface area contributed by atoms with E-state index in [1.165, 1.54) is 4.90 Å². The first kappa shape index (κ1) is 20.9. The highest BCUT2D eigenvalue weighted by Crippen LogP contribution is 2.37. The molecule has 0 N–H and O–H groups in total. The van der Waals surface area contributed by atoms with Crippen molar-refractivity contribution in [2.75, 3.05) is 11.5 Å². The molecule has 3 rings (SSSR count). The first-order valence-electron chi connectivity index (χ1n) is 8.52. The van der Waals surface area contributed by atoms with Crippen molar-refractivity contribution < 1.29 is 0 Å². The summed E-state index contributed by atoms with van der Waals surface area (Å²) in [6, 6.07) is 13.7. The van der Waals surface area contributed by atoms with E-state index in [0.29, 0.717) is 5.02 Å². The minimum atomic E-state index is 0.254. The van der Waals surface area contributed by atoms with Gasteiger partial charge in [0.15, 0.2) is 0 Å². The van der Waals surface area contributed by atoms with Crippen molar-refractivity contribution in [3.8, 4) is 0 Å². The highest BCUT2D eigenvalue weighted by atomic mass is 35.5. The summed E-state index contributed by atoms with van der Waals surface area (Å²) in [7, 11) is 0. The van der Waals surface area contributed by atoms with Gasteiger partial charge in [0.2, 0.25) is 0 Å². The summed E-state index contributed by atoms with van der Waals surface area (Å²) in [5.41, 5.74) is 1.12. The molecule has 1 heterocycles. The van der Waals surface area contributed by atoms with E-state index < -0.39 is 0 Å². The van der Waals surface area contributed by atoms with Gasteiger partial charge in [0.05, 0.1) is 6.33 Å². The molecule has 0 spiro atoms. The van der Waals surface area contributed by atoms with E-state index in [2.05, 4.69) is 21.7 Å². The molecule has 1 unspecified atom stereocenters. The molecule has 27 heavy (non-hydrogen) atoms. The number of halogens is 3. The van der Waals surface area contributed by atoms with Crippen LogP contribution in [-0.2, 0) is 6.54 Å². The Morgan fingerprint density at radius 2 is 1.74 bits per heavy atom. The van der Waals surface area contributed by atoms with Crippen LogP contribution in [-0.4, -0.2) is 21.1 Å². The predicted octanol–water partition coefficient (Wildman–Crippen LogP) is 7.50. The van der Waals surface area contributed by atoms with Crippen LogP contribution in [0, 0.1) is 0 Å². The summed E-state index contributed by atoms with van der Waals surface area (Å²) >= 11 is 22.2. The third-order valence-electron chi connectivity index (χ3n) is 3.94. The van der Waals surface area contributed by atoms with Crippen molar-refractivity contribution in [3.05, 3.63) is 81.8 Å². The van der Waals surface area contributed by atoms with E-state index in [9.17, 15) is 0 Å². The highest BCUT2D eigenvalue weighted by molar-refractivity contribution is 8.00. The van der Waals surface area contributed by atoms with Crippen LogP contribution in [0.1, 0.15) is 17.2 Å². The molecule has 7 heteroatoms. The van der Waals surface area contributed by atoms with Crippen LogP contribution in [0.2, 0.25) is 15.1 Å². The summed E-state index contributed by atoms with van der Waals surface area (Å²) < 4.78 is 2.09. The van der Waals surface area contributed by atoms with E-state index >= 15 is 0 Å². The Balaban J connectivity index is 1.55. The maximum Gasteiger partial charge on any atom is 0.0946 e. The van der Waals surface area contributed by atoms with Crippen LogP contribution >= 0.6 is 58.3 Å². The zero-order valence-corrected chi connectivity index (χ0v) is 18.4. The van der Waals surface area contributed by atoms with E-state index in [0.717, 1.165) is 40.1 Å². The third kappa shape index (κ3) is 6.65. The van der Waals surface area contributed by atoms with Gasteiger partial charge in [-0.1, -0.05) is 40.9 Å². The van der Waals surface area contributed by atoms with E-state index in [4.69, 9.17) is 34.8 Å². The summed E-state index contributed by atoms with van der Waals surface area (Å²) in [6.07, 6.45) is 6.74. The predicted molar refractivity (Wildman–Crippen MR) is 121 cm³/mol. The van der Waals surface area contributed by atoms with Crippen LogP contribution < -0.4 is 0 Å². The van der Waals surface area contributed by atoms with Gasteiger partial charge in [0, 0.05) is 44.2 Å². The molecule has 2 nitrogen and oxygen atoms in total. The second kappa shape index (κ2) is 10.7. The second-order valence-electron chi connectivity index (χ2n) is 5.94. The molecule has 0 radical (unpaired) electrons. The molecule has 0 fully saturated rings. The van der Waals surface area contributed by atoms with E-state index in [1.807, 2.05) is 66.4 Å². The van der Waals surface area contributed by atoms with Gasteiger partial charge >= 0.3 is 0 Å². The fraction of sp³-hybridized carbons (Fsp3) is 0.250. The van der Waals surface area contributed by atoms with Crippen molar-refractivity contribution in [3.63, 3.8) is 0 Å². The molecule has 0 aliphatic rings. The van der Waals surface area contributed by atoms with Gasteiger partial charge in [-0.25, -0.2) is 4.98 Å². The maximum atomic E-state index is 6.46. The van der Waals surface area contributed by atoms with Crippen LogP contribution in [0.25, 0.3) is 0 Å². The topological polar surface area (TPSA) is 17.8 Å². The third-order valence-corrected chi connectivity index (χ3v) is 7.18. The van der Waals surface area contributed by atoms with Crippen molar-refractivity contribution in [2.45, 2.75) is 23.1 Å². The molecule has 142 valence electrons. The van der Waals surface area contributed by atoms with Gasteiger partial charge < -0.3 is 4.57 Å². The summed E-state index contributed by atoms with van der Waals surface area (Å²) in [4.78, 5) is 5.39. The fourth-order valence-electron chi connectivity index (χ4n) is 2.60. The van der Waals surface area contributed by atoms with E-state index in [1.54, 1.807) is 6.20 Å². The number of imidazole rings is 1. The van der Waals surface area contributed by atoms with Gasteiger partial charge in [-0.05, 0) is 59.9 Å². The number of nitrogens with zero attached hydrogens (tertiary/aromatic N) is 2. The Hall–Kier alpha value is -0.780. The van der Waals surface area contributed by atoms with Crippen molar-refractivity contribution in [1.29, 1.82) is 0 Å². The smallest absolute Gasteiger partial charge is 0.0946 e. The maximum absolute atomic E-state index is 6.46. The average molecular weight is 458 g/mol. The Morgan fingerprint density at radius 1 is 0.963 bits per heavy atom. The summed E-state index contributed by atoms with van der Waals surface area (Å²) in [6.45, 7) is 0.830. The molecular weight excluding hydrogens is 439 g/mol. The molecule has 0 aliphatic carbocycles. The summed E-state index contributed by atoms with van der Waals surface area (Å²) in [5, 5.41) is 2.41. The summed E-state index contributed by atoms with van der Waals surface area (Å²) in [5.74, 6) is 2.12. The zero-order valence-electron chi connectivity index (χ0n) is 14.5. The molecule has 0 aliphatic heterocycles. The van der Waals surface area contributed by atoms with Crippen LogP contribution in [0.5, 0.6) is 0 Å². The number of hydrogen-bond donors (Lipinski definition) is 0. The Bertz CT molecular complexity index is 839.